The molecule has 2 fully saturated rings. The van der Waals surface area contributed by atoms with Crippen LogP contribution in [-0.2, 0) is 15.1 Å². The summed E-state index contributed by atoms with van der Waals surface area (Å²) in [7, 11) is 0. The molecule has 7 nitrogen and oxygen atoms in total. The standard InChI is InChI=1S/C21H25N3O4/c1-14(2)28-17-6-5-16(11-15(17)3)19(25)24-10-7-21(18(12-24)26-13-27-21)20-22-8-4-9-23-20/h4-6,8-9,11,14,18H,7,10,12-13H2,1-3H3/t18?,21-/m0/s1. The topological polar surface area (TPSA) is 73.8 Å². The van der Waals surface area contributed by atoms with E-state index in [1.807, 2.05) is 43.9 Å². The second-order valence-corrected chi connectivity index (χ2v) is 7.53. The number of likely N-dealkylation sites (tertiary alicyclic amines) is 1. The van der Waals surface area contributed by atoms with Crippen LogP contribution in [0.2, 0.25) is 0 Å². The van der Waals surface area contributed by atoms with E-state index in [-0.39, 0.29) is 24.9 Å². The lowest BCUT2D eigenvalue weighted by Gasteiger charge is -2.40. The van der Waals surface area contributed by atoms with Crippen molar-refractivity contribution >= 4 is 5.91 Å². The average Bonchev–Trinajstić information content (AvgIpc) is 3.13. The number of amides is 1. The summed E-state index contributed by atoms with van der Waals surface area (Å²) >= 11 is 0. The predicted octanol–water partition coefficient (Wildman–Crippen LogP) is 2.69. The Hall–Kier alpha value is -2.51. The van der Waals surface area contributed by atoms with Crippen molar-refractivity contribution in [1.82, 2.24) is 14.9 Å². The minimum Gasteiger partial charge on any atom is -0.491 e. The lowest BCUT2D eigenvalue weighted by Crippen LogP contribution is -2.54. The smallest absolute Gasteiger partial charge is 0.253 e. The first-order chi connectivity index (χ1) is 13.5. The van der Waals surface area contributed by atoms with Crippen molar-refractivity contribution in [3.63, 3.8) is 0 Å². The molecule has 2 aromatic rings. The van der Waals surface area contributed by atoms with Crippen LogP contribution >= 0.6 is 0 Å². The molecule has 0 N–H and O–H groups in total. The molecule has 0 bridgehead atoms. The molecule has 1 aromatic carbocycles. The van der Waals surface area contributed by atoms with Gasteiger partial charge in [0.2, 0.25) is 0 Å². The minimum absolute atomic E-state index is 0.0164. The van der Waals surface area contributed by atoms with Gasteiger partial charge in [-0.2, -0.15) is 0 Å². The summed E-state index contributed by atoms with van der Waals surface area (Å²) in [4.78, 5) is 23.6. The van der Waals surface area contributed by atoms with Crippen molar-refractivity contribution in [3.05, 3.63) is 53.6 Å². The highest BCUT2D eigenvalue weighted by Gasteiger charge is 2.53. The zero-order valence-electron chi connectivity index (χ0n) is 16.4. The van der Waals surface area contributed by atoms with Crippen molar-refractivity contribution in [2.45, 2.75) is 45.0 Å². The average molecular weight is 383 g/mol. The van der Waals surface area contributed by atoms with Crippen LogP contribution in [0.5, 0.6) is 5.75 Å². The maximum Gasteiger partial charge on any atom is 0.253 e. The third-order valence-corrected chi connectivity index (χ3v) is 5.26. The Morgan fingerprint density at radius 1 is 1.32 bits per heavy atom. The molecule has 0 radical (unpaired) electrons. The number of rotatable bonds is 4. The number of benzene rings is 1. The number of aryl methyl sites for hydroxylation is 1. The predicted molar refractivity (Wildman–Crippen MR) is 102 cm³/mol. The van der Waals surface area contributed by atoms with E-state index in [2.05, 4.69) is 9.97 Å². The van der Waals surface area contributed by atoms with Crippen molar-refractivity contribution in [2.75, 3.05) is 19.9 Å². The van der Waals surface area contributed by atoms with Gasteiger partial charge in [0.15, 0.2) is 11.4 Å². The molecule has 4 rings (SSSR count). The van der Waals surface area contributed by atoms with Gasteiger partial charge in [-0.05, 0) is 50.6 Å². The molecule has 28 heavy (non-hydrogen) atoms. The summed E-state index contributed by atoms with van der Waals surface area (Å²) in [6.07, 6.45) is 3.82. The third kappa shape index (κ3) is 3.36. The van der Waals surface area contributed by atoms with E-state index < -0.39 is 5.60 Å². The fourth-order valence-corrected chi connectivity index (χ4v) is 3.85. The van der Waals surface area contributed by atoms with Crippen LogP contribution in [0.3, 0.4) is 0 Å². The van der Waals surface area contributed by atoms with E-state index in [9.17, 15) is 4.79 Å². The molecule has 0 aliphatic carbocycles. The molecule has 1 amide bonds. The molecule has 2 aliphatic rings. The van der Waals surface area contributed by atoms with E-state index >= 15 is 0 Å². The fourth-order valence-electron chi connectivity index (χ4n) is 3.85. The maximum absolute atomic E-state index is 13.1. The molecule has 148 valence electrons. The number of hydrogen-bond donors (Lipinski definition) is 0. The number of fused-ring (bicyclic) bond motifs is 1. The normalized spacial score (nSPS) is 24.3. The van der Waals surface area contributed by atoms with Crippen LogP contribution in [0.25, 0.3) is 0 Å². The number of ether oxygens (including phenoxy) is 3. The summed E-state index contributed by atoms with van der Waals surface area (Å²) in [6, 6.07) is 7.35. The molecule has 1 unspecified atom stereocenters. The lowest BCUT2D eigenvalue weighted by atomic mass is 9.87. The molecule has 2 atom stereocenters. The Kier molecular flexibility index (Phi) is 5.03. The number of nitrogens with zero attached hydrogens (tertiary/aromatic N) is 3. The highest BCUT2D eigenvalue weighted by Crippen LogP contribution is 2.41. The Morgan fingerprint density at radius 2 is 2.11 bits per heavy atom. The van der Waals surface area contributed by atoms with Crippen molar-refractivity contribution in [3.8, 4) is 5.75 Å². The van der Waals surface area contributed by atoms with Crippen LogP contribution in [0.4, 0.5) is 0 Å². The second-order valence-electron chi connectivity index (χ2n) is 7.53. The van der Waals surface area contributed by atoms with Gasteiger partial charge >= 0.3 is 0 Å². The summed E-state index contributed by atoms with van der Waals surface area (Å²) < 4.78 is 17.5. The zero-order valence-corrected chi connectivity index (χ0v) is 16.4. The van der Waals surface area contributed by atoms with Gasteiger partial charge in [0.1, 0.15) is 18.6 Å². The summed E-state index contributed by atoms with van der Waals surface area (Å²) in [6.45, 7) is 7.11. The Balaban J connectivity index is 1.51. The maximum atomic E-state index is 13.1. The molecule has 2 aliphatic heterocycles. The number of aromatic nitrogens is 2. The van der Waals surface area contributed by atoms with Crippen LogP contribution in [-0.4, -0.2) is 52.9 Å². The minimum atomic E-state index is -0.678. The van der Waals surface area contributed by atoms with Crippen LogP contribution in [0.1, 0.15) is 42.0 Å². The third-order valence-electron chi connectivity index (χ3n) is 5.26. The van der Waals surface area contributed by atoms with Crippen molar-refractivity contribution in [2.24, 2.45) is 0 Å². The zero-order chi connectivity index (χ0) is 19.7. The van der Waals surface area contributed by atoms with E-state index in [1.165, 1.54) is 0 Å². The summed E-state index contributed by atoms with van der Waals surface area (Å²) in [5.74, 6) is 1.41. The summed E-state index contributed by atoms with van der Waals surface area (Å²) in [5, 5.41) is 0. The molecule has 0 spiro atoms. The SMILES string of the molecule is Cc1cc(C(=O)N2CC[C@]3(c4ncccn4)OCOC3C2)ccc1OC(C)C. The quantitative estimate of drug-likeness (QED) is 0.808. The van der Waals surface area contributed by atoms with E-state index in [1.54, 1.807) is 18.5 Å². The van der Waals surface area contributed by atoms with Gasteiger partial charge < -0.3 is 19.1 Å². The number of carbonyl (C=O) groups excluding carboxylic acids is 1. The van der Waals surface area contributed by atoms with Crippen LogP contribution in [0.15, 0.2) is 36.7 Å². The molecule has 3 heterocycles. The van der Waals surface area contributed by atoms with Gasteiger partial charge in [-0.15, -0.1) is 0 Å². The molecule has 0 saturated carbocycles. The highest BCUT2D eigenvalue weighted by molar-refractivity contribution is 5.94. The van der Waals surface area contributed by atoms with E-state index in [4.69, 9.17) is 14.2 Å². The van der Waals surface area contributed by atoms with Crippen LogP contribution < -0.4 is 4.74 Å². The van der Waals surface area contributed by atoms with E-state index in [0.717, 1.165) is 11.3 Å². The van der Waals surface area contributed by atoms with Gasteiger partial charge in [0.25, 0.3) is 5.91 Å². The Morgan fingerprint density at radius 3 is 2.82 bits per heavy atom. The van der Waals surface area contributed by atoms with Gasteiger partial charge in [0, 0.05) is 30.9 Å². The Bertz CT molecular complexity index is 858. The number of hydrogen-bond acceptors (Lipinski definition) is 6. The van der Waals surface area contributed by atoms with Gasteiger partial charge in [-0.3, -0.25) is 4.79 Å². The second kappa shape index (κ2) is 7.48. The fraction of sp³-hybridized carbons (Fsp3) is 0.476. The van der Waals surface area contributed by atoms with Crippen molar-refractivity contribution in [1.29, 1.82) is 0 Å². The highest BCUT2D eigenvalue weighted by atomic mass is 16.7. The van der Waals surface area contributed by atoms with Gasteiger partial charge in [-0.1, -0.05) is 0 Å². The van der Waals surface area contributed by atoms with Gasteiger partial charge in [0.05, 0.1) is 12.6 Å². The molecular weight excluding hydrogens is 358 g/mol. The first kappa shape index (κ1) is 18.8. The Labute approximate surface area is 164 Å². The molecule has 1 aromatic heterocycles. The molecular formula is C21H25N3O4. The monoisotopic (exact) mass is 383 g/mol. The number of piperidine rings is 1. The van der Waals surface area contributed by atoms with E-state index in [0.29, 0.717) is 30.9 Å². The first-order valence-corrected chi connectivity index (χ1v) is 9.59. The molecule has 7 heteroatoms. The lowest BCUT2D eigenvalue weighted by molar-refractivity contribution is -0.0503. The largest absolute Gasteiger partial charge is 0.491 e. The van der Waals surface area contributed by atoms with Gasteiger partial charge in [-0.25, -0.2) is 9.97 Å². The summed E-state index contributed by atoms with van der Waals surface area (Å²) in [5.41, 5.74) is 0.920. The molecule has 2 saturated heterocycles. The van der Waals surface area contributed by atoms with Crippen LogP contribution in [0, 0.1) is 6.92 Å². The first-order valence-electron chi connectivity index (χ1n) is 9.59. The number of carbonyl (C=O) groups is 1. The van der Waals surface area contributed by atoms with Crippen molar-refractivity contribution < 1.29 is 19.0 Å².